The van der Waals surface area contributed by atoms with E-state index in [2.05, 4.69) is 38.8 Å². The zero-order valence-corrected chi connectivity index (χ0v) is 12.6. The molecule has 1 unspecified atom stereocenters. The summed E-state index contributed by atoms with van der Waals surface area (Å²) in [5.74, 6) is 0. The van der Waals surface area contributed by atoms with E-state index >= 15 is 0 Å². The second kappa shape index (κ2) is 12.0. The molecule has 0 N–H and O–H groups in total. The summed E-state index contributed by atoms with van der Waals surface area (Å²) in [6.07, 6.45) is 12.7. The molecule has 0 aromatic heterocycles. The summed E-state index contributed by atoms with van der Waals surface area (Å²) < 4.78 is 0. The minimum Gasteiger partial charge on any atom is -0.0928 e. The van der Waals surface area contributed by atoms with E-state index in [1.165, 1.54) is 63.1 Å². The maximum Gasteiger partial charge on any atom is 0.0117 e. The number of rotatable bonds is 10. The molecule has 1 atom stereocenters. The lowest BCUT2D eigenvalue weighted by atomic mass is 10.1. The smallest absolute Gasteiger partial charge is 0.0117 e. The number of alkyl halides is 2. The number of hydrogen-bond donors (Lipinski definition) is 0. The zero-order valence-electron chi connectivity index (χ0n) is 9.40. The fourth-order valence-corrected chi connectivity index (χ4v) is 2.30. The molecular weight excluding hydrogens is 304 g/mol. The van der Waals surface area contributed by atoms with Gasteiger partial charge >= 0.3 is 0 Å². The number of hydrogen-bond acceptors (Lipinski definition) is 0. The van der Waals surface area contributed by atoms with E-state index in [0.29, 0.717) is 4.83 Å². The van der Waals surface area contributed by atoms with Crippen LogP contribution < -0.4 is 0 Å². The van der Waals surface area contributed by atoms with E-state index in [9.17, 15) is 0 Å². The third-order valence-electron chi connectivity index (χ3n) is 2.49. The van der Waals surface area contributed by atoms with Gasteiger partial charge in [0.2, 0.25) is 0 Å². The predicted molar refractivity (Wildman–Crippen MR) is 73.7 cm³/mol. The van der Waals surface area contributed by atoms with Crippen LogP contribution in [0.2, 0.25) is 0 Å². The average molecular weight is 328 g/mol. The van der Waals surface area contributed by atoms with Crippen molar-refractivity contribution in [2.45, 2.75) is 69.5 Å². The van der Waals surface area contributed by atoms with Crippen LogP contribution in [0.1, 0.15) is 64.7 Å². The Morgan fingerprint density at radius 2 is 1.21 bits per heavy atom. The molecule has 0 saturated carbocycles. The highest BCUT2D eigenvalue weighted by molar-refractivity contribution is 9.09. The standard InChI is InChI=1S/C12H24Br2/c1-12(14)10-8-6-4-2-3-5-7-9-11-13/h12H,2-11H2,1H3. The minimum atomic E-state index is 0.710. The number of unbranched alkanes of at least 4 members (excludes halogenated alkanes) is 7. The van der Waals surface area contributed by atoms with Crippen LogP contribution in [0, 0.1) is 0 Å². The molecule has 14 heavy (non-hydrogen) atoms. The van der Waals surface area contributed by atoms with Crippen molar-refractivity contribution in [2.75, 3.05) is 5.33 Å². The summed E-state index contributed by atoms with van der Waals surface area (Å²) in [6, 6.07) is 0. The molecule has 0 aromatic carbocycles. The van der Waals surface area contributed by atoms with Crippen LogP contribution in [-0.4, -0.2) is 10.2 Å². The zero-order chi connectivity index (χ0) is 10.6. The third kappa shape index (κ3) is 13.0. The highest BCUT2D eigenvalue weighted by atomic mass is 79.9. The molecule has 0 aliphatic heterocycles. The molecule has 0 spiro atoms. The van der Waals surface area contributed by atoms with Gasteiger partial charge < -0.3 is 0 Å². The summed E-state index contributed by atoms with van der Waals surface area (Å²) >= 11 is 7.04. The van der Waals surface area contributed by atoms with Crippen molar-refractivity contribution >= 4 is 31.9 Å². The van der Waals surface area contributed by atoms with E-state index in [1.54, 1.807) is 0 Å². The molecule has 0 radical (unpaired) electrons. The molecule has 0 heterocycles. The maximum absolute atomic E-state index is 3.58. The monoisotopic (exact) mass is 326 g/mol. The summed E-state index contributed by atoms with van der Waals surface area (Å²) in [6.45, 7) is 2.24. The van der Waals surface area contributed by atoms with E-state index in [-0.39, 0.29) is 0 Å². The van der Waals surface area contributed by atoms with E-state index in [4.69, 9.17) is 0 Å². The van der Waals surface area contributed by atoms with Crippen molar-refractivity contribution < 1.29 is 0 Å². The Balaban J connectivity index is 2.85. The van der Waals surface area contributed by atoms with Crippen LogP contribution in [0.15, 0.2) is 0 Å². The van der Waals surface area contributed by atoms with Crippen LogP contribution in [-0.2, 0) is 0 Å². The van der Waals surface area contributed by atoms with Crippen LogP contribution in [0.5, 0.6) is 0 Å². The largest absolute Gasteiger partial charge is 0.0928 e. The molecule has 0 bridgehead atoms. The topological polar surface area (TPSA) is 0 Å². The average Bonchev–Trinajstić information content (AvgIpc) is 2.15. The summed E-state index contributed by atoms with van der Waals surface area (Å²) in [7, 11) is 0. The normalized spacial score (nSPS) is 13.1. The molecule has 0 fully saturated rings. The van der Waals surface area contributed by atoms with E-state index in [0.717, 1.165) is 0 Å². The molecule has 86 valence electrons. The molecular formula is C12H24Br2. The quantitative estimate of drug-likeness (QED) is 0.358. The van der Waals surface area contributed by atoms with Crippen LogP contribution in [0.25, 0.3) is 0 Å². The Labute approximate surface area is 106 Å². The highest BCUT2D eigenvalue weighted by Crippen LogP contribution is 2.13. The lowest BCUT2D eigenvalue weighted by Gasteiger charge is -2.03. The van der Waals surface area contributed by atoms with E-state index < -0.39 is 0 Å². The predicted octanol–water partition coefficient (Wildman–Crippen LogP) is 5.68. The van der Waals surface area contributed by atoms with Gasteiger partial charge in [0.1, 0.15) is 0 Å². The van der Waals surface area contributed by atoms with Crippen LogP contribution in [0.3, 0.4) is 0 Å². The number of halogens is 2. The Morgan fingerprint density at radius 3 is 1.64 bits per heavy atom. The Kier molecular flexibility index (Phi) is 12.9. The van der Waals surface area contributed by atoms with Gasteiger partial charge in [-0.15, -0.1) is 0 Å². The second-order valence-corrected chi connectivity index (χ2v) is 6.44. The molecule has 0 nitrogen and oxygen atoms in total. The SMILES string of the molecule is CC(Br)CCCCCCCCCCBr. The fraction of sp³-hybridized carbons (Fsp3) is 1.00. The summed E-state index contributed by atoms with van der Waals surface area (Å²) in [5, 5.41) is 1.18. The maximum atomic E-state index is 3.58. The van der Waals surface area contributed by atoms with Gasteiger partial charge in [0, 0.05) is 10.2 Å². The van der Waals surface area contributed by atoms with Crippen molar-refractivity contribution in [1.82, 2.24) is 0 Å². The molecule has 0 saturated heterocycles. The summed E-state index contributed by atoms with van der Waals surface area (Å²) in [4.78, 5) is 0.710. The molecule has 0 aromatic rings. The first-order valence-corrected chi connectivity index (χ1v) is 8.01. The van der Waals surface area contributed by atoms with Gasteiger partial charge in [0.15, 0.2) is 0 Å². The first kappa shape index (κ1) is 15.0. The minimum absolute atomic E-state index is 0.710. The highest BCUT2D eigenvalue weighted by Gasteiger charge is 1.95. The van der Waals surface area contributed by atoms with Gasteiger partial charge in [-0.3, -0.25) is 0 Å². The lowest BCUT2D eigenvalue weighted by molar-refractivity contribution is 0.566. The van der Waals surface area contributed by atoms with Crippen molar-refractivity contribution in [1.29, 1.82) is 0 Å². The lowest BCUT2D eigenvalue weighted by Crippen LogP contribution is -1.89. The van der Waals surface area contributed by atoms with Gasteiger partial charge in [-0.1, -0.05) is 83.7 Å². The van der Waals surface area contributed by atoms with Gasteiger partial charge in [-0.2, -0.15) is 0 Å². The first-order chi connectivity index (χ1) is 6.77. The summed E-state index contributed by atoms with van der Waals surface area (Å²) in [5.41, 5.74) is 0. The van der Waals surface area contributed by atoms with Crippen molar-refractivity contribution in [3.05, 3.63) is 0 Å². The van der Waals surface area contributed by atoms with Crippen molar-refractivity contribution in [3.63, 3.8) is 0 Å². The van der Waals surface area contributed by atoms with Gasteiger partial charge in [0.05, 0.1) is 0 Å². The molecule has 0 amide bonds. The molecule has 0 rings (SSSR count). The van der Waals surface area contributed by atoms with E-state index in [1.807, 2.05) is 0 Å². The molecule has 2 heteroatoms. The van der Waals surface area contributed by atoms with Crippen molar-refractivity contribution in [2.24, 2.45) is 0 Å². The molecule has 0 aliphatic rings. The van der Waals surface area contributed by atoms with Crippen LogP contribution in [0.4, 0.5) is 0 Å². The van der Waals surface area contributed by atoms with Gasteiger partial charge in [-0.25, -0.2) is 0 Å². The van der Waals surface area contributed by atoms with Gasteiger partial charge in [-0.05, 0) is 12.8 Å². The second-order valence-electron chi connectivity index (χ2n) is 4.09. The Hall–Kier alpha value is 0.960. The van der Waals surface area contributed by atoms with Gasteiger partial charge in [0.25, 0.3) is 0 Å². The van der Waals surface area contributed by atoms with Crippen molar-refractivity contribution in [3.8, 4) is 0 Å². The fourth-order valence-electron chi connectivity index (χ4n) is 1.58. The van der Waals surface area contributed by atoms with Crippen LogP contribution >= 0.6 is 31.9 Å². The Morgan fingerprint density at radius 1 is 0.786 bits per heavy atom. The Bertz CT molecular complexity index is 102. The third-order valence-corrected chi connectivity index (χ3v) is 3.50. The first-order valence-electron chi connectivity index (χ1n) is 5.97. The molecule has 0 aliphatic carbocycles.